The molecule has 0 saturated carbocycles. The summed E-state index contributed by atoms with van der Waals surface area (Å²) in [6.45, 7) is 6.82. The van der Waals surface area contributed by atoms with Crippen molar-refractivity contribution in [1.82, 2.24) is 18.9 Å². The number of carboxylic acid groups (broad SMARTS) is 1. The lowest BCUT2D eigenvalue weighted by molar-refractivity contribution is -0.192. The van der Waals surface area contributed by atoms with Crippen molar-refractivity contribution in [3.8, 4) is 17.0 Å². The Hall–Kier alpha value is -4.02. The molecule has 0 bridgehead atoms. The number of hydrogen-bond donors (Lipinski definition) is 2. The van der Waals surface area contributed by atoms with Gasteiger partial charge in [-0.15, -0.1) is 0 Å². The fourth-order valence-corrected chi connectivity index (χ4v) is 3.22. The van der Waals surface area contributed by atoms with Crippen LogP contribution in [0, 0.1) is 0 Å². The van der Waals surface area contributed by atoms with E-state index in [-0.39, 0.29) is 5.60 Å². The molecule has 0 radical (unpaired) electrons. The van der Waals surface area contributed by atoms with Gasteiger partial charge < -0.3 is 19.7 Å². The average Bonchev–Trinajstić information content (AvgIpc) is 3.39. The van der Waals surface area contributed by atoms with Crippen molar-refractivity contribution in [2.24, 2.45) is 7.05 Å². The molecule has 0 saturated heterocycles. The zero-order chi connectivity index (χ0) is 25.8. The van der Waals surface area contributed by atoms with Crippen molar-refractivity contribution in [1.29, 1.82) is 0 Å². The molecule has 0 fully saturated rings. The zero-order valence-corrected chi connectivity index (χ0v) is 19.7. The van der Waals surface area contributed by atoms with Gasteiger partial charge in [0.2, 0.25) is 0 Å². The van der Waals surface area contributed by atoms with Gasteiger partial charge in [-0.25, -0.2) is 14.8 Å². The van der Waals surface area contributed by atoms with Crippen LogP contribution < -0.4 is 10.1 Å². The van der Waals surface area contributed by atoms with Gasteiger partial charge in [0.25, 0.3) is 0 Å². The van der Waals surface area contributed by atoms with Crippen LogP contribution in [-0.2, 0) is 18.4 Å². The first-order valence-corrected chi connectivity index (χ1v) is 10.6. The summed E-state index contributed by atoms with van der Waals surface area (Å²) in [6.07, 6.45) is 2.40. The van der Waals surface area contributed by atoms with Gasteiger partial charge in [-0.3, -0.25) is 4.40 Å². The van der Waals surface area contributed by atoms with Crippen molar-refractivity contribution in [2.45, 2.75) is 39.1 Å². The maximum absolute atomic E-state index is 10.6. The third-order valence-electron chi connectivity index (χ3n) is 4.74. The maximum Gasteiger partial charge on any atom is 0.490 e. The first-order valence-electron chi connectivity index (χ1n) is 10.6. The van der Waals surface area contributed by atoms with Gasteiger partial charge in [0.05, 0.1) is 24.3 Å². The molecular weight excluding hydrogens is 463 g/mol. The number of ether oxygens (including phenoxy) is 1. The number of rotatable bonds is 5. The van der Waals surface area contributed by atoms with E-state index in [2.05, 4.69) is 58.7 Å². The summed E-state index contributed by atoms with van der Waals surface area (Å²) in [6, 6.07) is 12.3. The second-order valence-corrected chi connectivity index (χ2v) is 8.64. The summed E-state index contributed by atoms with van der Waals surface area (Å²) in [5.74, 6) is -1.92. The van der Waals surface area contributed by atoms with Gasteiger partial charge in [0.1, 0.15) is 17.0 Å². The minimum absolute atomic E-state index is 0.259. The van der Waals surface area contributed by atoms with E-state index in [0.29, 0.717) is 6.54 Å². The summed E-state index contributed by atoms with van der Waals surface area (Å²) >= 11 is 0. The minimum atomic E-state index is -5.08. The number of halogens is 3. The molecule has 0 aliphatic rings. The van der Waals surface area contributed by atoms with Crippen LogP contribution in [0.25, 0.3) is 16.9 Å². The summed E-state index contributed by atoms with van der Waals surface area (Å²) in [5.41, 5.74) is 4.94. The Bertz CT molecular complexity index is 1310. The second-order valence-electron chi connectivity index (χ2n) is 8.64. The molecule has 186 valence electrons. The number of fused-ring (bicyclic) bond motifs is 1. The molecule has 11 heteroatoms. The monoisotopic (exact) mass is 489 g/mol. The number of imidazole rings is 2. The molecule has 0 atom stereocenters. The molecule has 1 aromatic carbocycles. The number of hydrogen-bond acceptors (Lipinski definition) is 5. The van der Waals surface area contributed by atoms with Crippen molar-refractivity contribution >= 4 is 17.3 Å². The van der Waals surface area contributed by atoms with Crippen LogP contribution in [0.4, 0.5) is 18.9 Å². The summed E-state index contributed by atoms with van der Waals surface area (Å²) in [5, 5.41) is 10.7. The third-order valence-corrected chi connectivity index (χ3v) is 4.74. The molecule has 3 aromatic heterocycles. The van der Waals surface area contributed by atoms with E-state index in [4.69, 9.17) is 14.6 Å². The highest BCUT2D eigenvalue weighted by Gasteiger charge is 2.38. The lowest BCUT2D eigenvalue weighted by Gasteiger charge is -2.23. The molecule has 4 aromatic rings. The Kier molecular flexibility index (Phi) is 7.37. The molecule has 0 amide bonds. The molecule has 8 nitrogen and oxygen atoms in total. The highest BCUT2D eigenvalue weighted by Crippen LogP contribution is 2.33. The first-order chi connectivity index (χ1) is 16.3. The highest BCUT2D eigenvalue weighted by molar-refractivity contribution is 5.78. The molecule has 0 unspecified atom stereocenters. The number of nitrogens with zero attached hydrogens (tertiary/aromatic N) is 4. The summed E-state index contributed by atoms with van der Waals surface area (Å²) in [7, 11) is 2.00. The SMILES string of the molecule is Cn1cncc1CNc1cc(OC(C)(C)C)ccc1-c1cccc2nccn12.O=C(O)C(F)(F)F. The maximum atomic E-state index is 10.6. The predicted molar refractivity (Wildman–Crippen MR) is 125 cm³/mol. The van der Waals surface area contributed by atoms with E-state index < -0.39 is 12.1 Å². The fraction of sp³-hybridized carbons (Fsp3) is 0.292. The lowest BCUT2D eigenvalue weighted by atomic mass is 10.1. The van der Waals surface area contributed by atoms with Crippen molar-refractivity contribution in [3.63, 3.8) is 0 Å². The molecule has 35 heavy (non-hydrogen) atoms. The van der Waals surface area contributed by atoms with Gasteiger partial charge in [-0.1, -0.05) is 6.07 Å². The Morgan fingerprint density at radius 1 is 1.17 bits per heavy atom. The standard InChI is InChI=1S/C22H25N5O.C2HF3O2/c1-22(2,3)28-17-8-9-18(20-6-5-7-21-24-10-11-27(20)21)19(12-17)25-14-16-13-23-15-26(16)4;3-2(4,5)1(6)7/h5-13,15,25H,14H2,1-4H3;(H,6,7). The van der Waals surface area contributed by atoms with Crippen molar-refractivity contribution in [2.75, 3.05) is 5.32 Å². The largest absolute Gasteiger partial charge is 0.490 e. The van der Waals surface area contributed by atoms with Gasteiger partial charge in [-0.2, -0.15) is 13.2 Å². The van der Waals surface area contributed by atoms with Crippen LogP contribution >= 0.6 is 0 Å². The first kappa shape index (κ1) is 25.6. The molecular formula is C24H26F3N5O3. The third kappa shape index (κ3) is 6.75. The molecule has 4 rings (SSSR count). The van der Waals surface area contributed by atoms with Crippen LogP contribution in [0.2, 0.25) is 0 Å². The van der Waals surface area contributed by atoms with Crippen LogP contribution in [-0.4, -0.2) is 41.8 Å². The topological polar surface area (TPSA) is 93.7 Å². The average molecular weight is 489 g/mol. The summed E-state index contributed by atoms with van der Waals surface area (Å²) < 4.78 is 41.9. The number of aromatic nitrogens is 4. The van der Waals surface area contributed by atoms with Crippen LogP contribution in [0.3, 0.4) is 0 Å². The van der Waals surface area contributed by atoms with Crippen LogP contribution in [0.1, 0.15) is 26.5 Å². The number of aryl methyl sites for hydroxylation is 1. The normalized spacial score (nSPS) is 11.6. The van der Waals surface area contributed by atoms with E-state index in [9.17, 15) is 13.2 Å². The highest BCUT2D eigenvalue weighted by atomic mass is 19.4. The Morgan fingerprint density at radius 2 is 1.89 bits per heavy atom. The van der Waals surface area contributed by atoms with E-state index in [1.54, 1.807) is 0 Å². The summed E-state index contributed by atoms with van der Waals surface area (Å²) in [4.78, 5) is 17.5. The van der Waals surface area contributed by atoms with Gasteiger partial charge in [0, 0.05) is 43.0 Å². The van der Waals surface area contributed by atoms with E-state index in [1.165, 1.54) is 0 Å². The zero-order valence-electron chi connectivity index (χ0n) is 19.7. The van der Waals surface area contributed by atoms with Crippen molar-refractivity contribution < 1.29 is 27.8 Å². The number of benzene rings is 1. The Labute approximate surface area is 200 Å². The Balaban J connectivity index is 0.000000429. The number of anilines is 1. The van der Waals surface area contributed by atoms with Crippen LogP contribution in [0.5, 0.6) is 5.75 Å². The number of pyridine rings is 1. The minimum Gasteiger partial charge on any atom is -0.488 e. The number of carbonyl (C=O) groups is 1. The lowest BCUT2D eigenvalue weighted by Crippen LogP contribution is -2.23. The quantitative estimate of drug-likeness (QED) is 0.402. The van der Waals surface area contributed by atoms with Gasteiger partial charge >= 0.3 is 12.1 Å². The molecule has 2 N–H and O–H groups in total. The van der Waals surface area contributed by atoms with Gasteiger partial charge in [0.15, 0.2) is 0 Å². The number of alkyl halides is 3. The van der Waals surface area contributed by atoms with E-state index in [1.807, 2.05) is 54.7 Å². The van der Waals surface area contributed by atoms with Gasteiger partial charge in [-0.05, 0) is 45.0 Å². The molecule has 0 aliphatic heterocycles. The number of carboxylic acids is 1. The smallest absolute Gasteiger partial charge is 0.488 e. The number of aliphatic carboxylic acids is 1. The van der Waals surface area contributed by atoms with Crippen molar-refractivity contribution in [3.05, 3.63) is 67.0 Å². The Morgan fingerprint density at radius 3 is 2.49 bits per heavy atom. The number of nitrogens with one attached hydrogen (secondary N) is 1. The second kappa shape index (κ2) is 10.1. The van der Waals surface area contributed by atoms with Crippen LogP contribution in [0.15, 0.2) is 61.3 Å². The predicted octanol–water partition coefficient (Wildman–Crippen LogP) is 5.16. The van der Waals surface area contributed by atoms with E-state index >= 15 is 0 Å². The fourth-order valence-electron chi connectivity index (χ4n) is 3.22. The van der Waals surface area contributed by atoms with E-state index in [0.717, 1.165) is 34.0 Å². The molecule has 0 aliphatic carbocycles. The molecule has 0 spiro atoms. The molecule has 3 heterocycles.